The van der Waals surface area contributed by atoms with Crippen molar-refractivity contribution in [2.45, 2.75) is 51.5 Å². The first kappa shape index (κ1) is 15.5. The molecule has 1 aromatic rings. The Morgan fingerprint density at radius 3 is 2.43 bits per heavy atom. The molecule has 4 heteroatoms. The van der Waals surface area contributed by atoms with Gasteiger partial charge in [0.2, 0.25) is 0 Å². The van der Waals surface area contributed by atoms with E-state index in [1.54, 1.807) is 0 Å². The van der Waals surface area contributed by atoms with Crippen LogP contribution in [0.2, 0.25) is 0 Å². The van der Waals surface area contributed by atoms with E-state index in [1.165, 1.54) is 7.11 Å². The van der Waals surface area contributed by atoms with Gasteiger partial charge in [0.15, 0.2) is 0 Å². The Kier molecular flexibility index (Phi) is 4.66. The molecule has 0 saturated heterocycles. The predicted octanol–water partition coefficient (Wildman–Crippen LogP) is 2.91. The van der Waals surface area contributed by atoms with E-state index in [-0.39, 0.29) is 11.9 Å². The highest BCUT2D eigenvalue weighted by Gasteiger charge is 2.42. The summed E-state index contributed by atoms with van der Waals surface area (Å²) in [5.74, 6) is -0.524. The van der Waals surface area contributed by atoms with Crippen molar-refractivity contribution >= 4 is 11.9 Å². The summed E-state index contributed by atoms with van der Waals surface area (Å²) < 4.78 is 4.93. The van der Waals surface area contributed by atoms with Gasteiger partial charge in [-0.3, -0.25) is 4.79 Å². The third kappa shape index (κ3) is 3.26. The Morgan fingerprint density at radius 1 is 1.14 bits per heavy atom. The fraction of sp³-hybridized carbons (Fsp3) is 0.529. The molecule has 0 unspecified atom stereocenters. The van der Waals surface area contributed by atoms with Crippen LogP contribution in [0, 0.1) is 13.8 Å². The van der Waals surface area contributed by atoms with Crippen LogP contribution in [0.4, 0.5) is 0 Å². The summed E-state index contributed by atoms with van der Waals surface area (Å²) in [6, 6.07) is 5.76. The van der Waals surface area contributed by atoms with Gasteiger partial charge in [-0.1, -0.05) is 37.0 Å². The van der Waals surface area contributed by atoms with Crippen molar-refractivity contribution in [3.63, 3.8) is 0 Å². The highest BCUT2D eigenvalue weighted by atomic mass is 16.5. The Labute approximate surface area is 125 Å². The average molecular weight is 289 g/mol. The fourth-order valence-electron chi connectivity index (χ4n) is 3.00. The molecule has 1 aliphatic rings. The fourth-order valence-corrected chi connectivity index (χ4v) is 3.00. The summed E-state index contributed by atoms with van der Waals surface area (Å²) >= 11 is 0. The zero-order valence-electron chi connectivity index (χ0n) is 13.0. The molecular formula is C17H23NO3. The topological polar surface area (TPSA) is 55.4 Å². The van der Waals surface area contributed by atoms with Crippen LogP contribution in [0.15, 0.2) is 18.2 Å². The minimum atomic E-state index is -0.861. The first-order chi connectivity index (χ1) is 9.98. The molecule has 0 atom stereocenters. The van der Waals surface area contributed by atoms with Crippen LogP contribution in [0.5, 0.6) is 0 Å². The van der Waals surface area contributed by atoms with E-state index in [9.17, 15) is 9.59 Å². The van der Waals surface area contributed by atoms with E-state index >= 15 is 0 Å². The Balaban J connectivity index is 2.26. The van der Waals surface area contributed by atoms with E-state index in [1.807, 2.05) is 32.0 Å². The highest BCUT2D eigenvalue weighted by molar-refractivity contribution is 5.99. The van der Waals surface area contributed by atoms with Crippen LogP contribution >= 0.6 is 0 Å². The Hall–Kier alpha value is -1.84. The molecule has 114 valence electrons. The van der Waals surface area contributed by atoms with Gasteiger partial charge < -0.3 is 10.1 Å². The number of carbonyl (C=O) groups excluding carboxylic acids is 2. The Bertz CT molecular complexity index is 545. The molecule has 0 radical (unpaired) electrons. The van der Waals surface area contributed by atoms with Crippen LogP contribution in [-0.2, 0) is 9.53 Å². The molecule has 4 nitrogen and oxygen atoms in total. The SMILES string of the molecule is COC(=O)C1(NC(=O)c2cc(C)ccc2C)CCCCC1. The van der Waals surface area contributed by atoms with E-state index in [2.05, 4.69) is 5.32 Å². The second kappa shape index (κ2) is 6.29. The summed E-state index contributed by atoms with van der Waals surface area (Å²) in [4.78, 5) is 24.8. The summed E-state index contributed by atoms with van der Waals surface area (Å²) in [6.45, 7) is 3.85. The summed E-state index contributed by atoms with van der Waals surface area (Å²) in [6.07, 6.45) is 4.26. The van der Waals surface area contributed by atoms with Gasteiger partial charge in [-0.05, 0) is 38.3 Å². The first-order valence-electron chi connectivity index (χ1n) is 7.47. The lowest BCUT2D eigenvalue weighted by molar-refractivity contribution is -0.149. The normalized spacial score (nSPS) is 17.1. The van der Waals surface area contributed by atoms with E-state index < -0.39 is 5.54 Å². The molecule has 0 heterocycles. The zero-order chi connectivity index (χ0) is 15.5. The number of rotatable bonds is 3. The number of methoxy groups -OCH3 is 1. The van der Waals surface area contributed by atoms with Gasteiger partial charge in [0.1, 0.15) is 5.54 Å². The number of carbonyl (C=O) groups is 2. The third-order valence-corrected chi connectivity index (χ3v) is 4.27. The number of ether oxygens (including phenoxy) is 1. The summed E-state index contributed by atoms with van der Waals surface area (Å²) in [5.41, 5.74) is 1.71. The van der Waals surface area contributed by atoms with Gasteiger partial charge in [-0.15, -0.1) is 0 Å². The van der Waals surface area contributed by atoms with Crippen LogP contribution in [-0.4, -0.2) is 24.5 Å². The average Bonchev–Trinajstić information content (AvgIpc) is 2.49. The quantitative estimate of drug-likeness (QED) is 0.870. The van der Waals surface area contributed by atoms with Crippen molar-refractivity contribution in [3.8, 4) is 0 Å². The lowest BCUT2D eigenvalue weighted by atomic mass is 9.81. The Morgan fingerprint density at radius 2 is 1.81 bits per heavy atom. The van der Waals surface area contributed by atoms with Gasteiger partial charge in [-0.25, -0.2) is 4.79 Å². The maximum absolute atomic E-state index is 12.6. The van der Waals surface area contributed by atoms with Crippen molar-refractivity contribution in [1.29, 1.82) is 0 Å². The van der Waals surface area contributed by atoms with Crippen molar-refractivity contribution in [2.24, 2.45) is 0 Å². The molecule has 1 N–H and O–H groups in total. The standard InChI is InChI=1S/C17H23NO3/c1-12-7-8-13(2)14(11-12)15(19)18-17(16(20)21-3)9-5-4-6-10-17/h7-8,11H,4-6,9-10H2,1-3H3,(H,18,19). The molecule has 1 fully saturated rings. The van der Waals surface area contributed by atoms with Gasteiger partial charge in [0.25, 0.3) is 5.91 Å². The maximum atomic E-state index is 12.6. The number of hydrogen-bond donors (Lipinski definition) is 1. The molecule has 1 saturated carbocycles. The van der Waals surface area contributed by atoms with E-state index in [4.69, 9.17) is 4.74 Å². The lowest BCUT2D eigenvalue weighted by Crippen LogP contribution is -2.56. The third-order valence-electron chi connectivity index (χ3n) is 4.27. The van der Waals surface area contributed by atoms with Crippen molar-refractivity contribution < 1.29 is 14.3 Å². The smallest absolute Gasteiger partial charge is 0.331 e. The first-order valence-corrected chi connectivity index (χ1v) is 7.47. The number of amides is 1. The monoisotopic (exact) mass is 289 g/mol. The molecular weight excluding hydrogens is 266 g/mol. The second-order valence-corrected chi connectivity index (χ2v) is 5.91. The number of aryl methyl sites for hydroxylation is 2. The van der Waals surface area contributed by atoms with Gasteiger partial charge in [0, 0.05) is 5.56 Å². The molecule has 21 heavy (non-hydrogen) atoms. The van der Waals surface area contributed by atoms with Crippen LogP contribution in [0.3, 0.4) is 0 Å². The summed E-state index contributed by atoms with van der Waals surface area (Å²) in [5, 5.41) is 2.95. The molecule has 1 aliphatic carbocycles. The van der Waals surface area contributed by atoms with Crippen molar-refractivity contribution in [2.75, 3.05) is 7.11 Å². The molecule has 0 aliphatic heterocycles. The molecule has 0 spiro atoms. The second-order valence-electron chi connectivity index (χ2n) is 5.91. The van der Waals surface area contributed by atoms with Gasteiger partial charge in [-0.2, -0.15) is 0 Å². The number of hydrogen-bond acceptors (Lipinski definition) is 3. The van der Waals surface area contributed by atoms with Gasteiger partial charge >= 0.3 is 5.97 Å². The largest absolute Gasteiger partial charge is 0.467 e. The minimum Gasteiger partial charge on any atom is -0.467 e. The molecule has 1 amide bonds. The number of nitrogens with one attached hydrogen (secondary N) is 1. The van der Waals surface area contributed by atoms with E-state index in [0.717, 1.165) is 30.4 Å². The molecule has 2 rings (SSSR count). The van der Waals surface area contributed by atoms with Crippen LogP contribution < -0.4 is 5.32 Å². The molecule has 1 aromatic carbocycles. The molecule has 0 bridgehead atoms. The maximum Gasteiger partial charge on any atom is 0.331 e. The molecule has 0 aromatic heterocycles. The predicted molar refractivity (Wildman–Crippen MR) is 81.2 cm³/mol. The van der Waals surface area contributed by atoms with Crippen molar-refractivity contribution in [3.05, 3.63) is 34.9 Å². The van der Waals surface area contributed by atoms with E-state index in [0.29, 0.717) is 18.4 Å². The minimum absolute atomic E-state index is 0.191. The van der Waals surface area contributed by atoms with Crippen LogP contribution in [0.1, 0.15) is 53.6 Å². The zero-order valence-corrected chi connectivity index (χ0v) is 13.0. The van der Waals surface area contributed by atoms with Crippen LogP contribution in [0.25, 0.3) is 0 Å². The number of benzene rings is 1. The van der Waals surface area contributed by atoms with Crippen molar-refractivity contribution in [1.82, 2.24) is 5.32 Å². The lowest BCUT2D eigenvalue weighted by Gasteiger charge is -2.35. The number of esters is 1. The highest BCUT2D eigenvalue weighted by Crippen LogP contribution is 2.30. The summed E-state index contributed by atoms with van der Waals surface area (Å²) in [7, 11) is 1.38. The van der Waals surface area contributed by atoms with Gasteiger partial charge in [0.05, 0.1) is 7.11 Å².